The monoisotopic (exact) mass is 479 g/mol. The Morgan fingerprint density at radius 1 is 1.31 bits per heavy atom. The van der Waals surface area contributed by atoms with Crippen molar-refractivity contribution >= 4 is 46.0 Å². The average molecular weight is 480 g/mol. The second-order valence-electron chi connectivity index (χ2n) is 8.78. The van der Waals surface area contributed by atoms with Crippen molar-refractivity contribution in [1.29, 1.82) is 0 Å². The van der Waals surface area contributed by atoms with Crippen molar-refractivity contribution in [2.75, 3.05) is 31.1 Å². The minimum atomic E-state index is -1.37. The van der Waals surface area contributed by atoms with Crippen molar-refractivity contribution in [3.63, 3.8) is 0 Å². The summed E-state index contributed by atoms with van der Waals surface area (Å²) in [6.45, 7) is 5.39. The number of β-amino-alcohol motifs (C(OH)–C–C–N with tert-alkyl or cyclic N) is 1. The highest BCUT2D eigenvalue weighted by Gasteiger charge is 2.59. The lowest BCUT2D eigenvalue weighted by molar-refractivity contribution is -0.301. The molecule has 4 atom stereocenters. The predicted octanol–water partition coefficient (Wildman–Crippen LogP) is -1.30. The summed E-state index contributed by atoms with van der Waals surface area (Å²) in [5.74, 6) is -2.69. The van der Waals surface area contributed by atoms with Crippen LogP contribution in [0.1, 0.15) is 24.3 Å². The Morgan fingerprint density at radius 3 is 2.59 bits per heavy atom. The zero-order chi connectivity index (χ0) is 22.9. The van der Waals surface area contributed by atoms with E-state index < -0.39 is 24.1 Å². The quantitative estimate of drug-likeness (QED) is 0.477. The summed E-state index contributed by atoms with van der Waals surface area (Å²) < 4.78 is 0. The number of carboxylic acid groups (broad SMARTS) is 1. The molecular formula is C20H23N4O6S2-. The van der Waals surface area contributed by atoms with Crippen LogP contribution in [0, 0.1) is 11.8 Å². The van der Waals surface area contributed by atoms with Crippen molar-refractivity contribution in [1.82, 2.24) is 14.8 Å². The van der Waals surface area contributed by atoms with Crippen molar-refractivity contribution in [3.8, 4) is 0 Å². The largest absolute Gasteiger partial charge is 0.543 e. The molecule has 4 aliphatic rings. The Bertz CT molecular complexity index is 1010. The van der Waals surface area contributed by atoms with Crippen LogP contribution in [-0.2, 0) is 9.59 Å². The number of hydrogen-bond acceptors (Lipinski definition) is 10. The predicted molar refractivity (Wildman–Crippen MR) is 115 cm³/mol. The summed E-state index contributed by atoms with van der Waals surface area (Å²) in [6, 6.07) is -0.346. The number of β-lactam (4-membered cyclic amide) rings is 1. The van der Waals surface area contributed by atoms with Gasteiger partial charge in [-0.25, -0.2) is 4.98 Å². The summed E-state index contributed by atoms with van der Waals surface area (Å²) >= 11 is 2.83. The number of aromatic nitrogens is 1. The summed E-state index contributed by atoms with van der Waals surface area (Å²) in [4.78, 5) is 46.5. The van der Waals surface area contributed by atoms with Crippen LogP contribution in [0.4, 0.5) is 5.13 Å². The summed E-state index contributed by atoms with van der Waals surface area (Å²) in [6.07, 6.45) is -1.29. The van der Waals surface area contributed by atoms with Crippen LogP contribution >= 0.6 is 23.1 Å². The molecule has 5 heterocycles. The Morgan fingerprint density at radius 2 is 2.00 bits per heavy atom. The van der Waals surface area contributed by atoms with Crippen LogP contribution in [0.25, 0.3) is 0 Å². The minimum absolute atomic E-state index is 0.0632. The lowest BCUT2D eigenvalue weighted by Crippen LogP contribution is -2.64. The van der Waals surface area contributed by atoms with Crippen LogP contribution in [-0.4, -0.2) is 92.5 Å². The molecule has 2 N–H and O–H groups in total. The lowest BCUT2D eigenvalue weighted by Gasteiger charge is -2.47. The van der Waals surface area contributed by atoms with Crippen LogP contribution in [0.5, 0.6) is 0 Å². The molecule has 10 nitrogen and oxygen atoms in total. The first-order chi connectivity index (χ1) is 15.2. The Labute approximate surface area is 192 Å². The highest BCUT2D eigenvalue weighted by molar-refractivity contribution is 8.03. The third kappa shape index (κ3) is 3.23. The van der Waals surface area contributed by atoms with E-state index in [-0.39, 0.29) is 34.7 Å². The molecule has 0 radical (unpaired) electrons. The third-order valence-electron chi connectivity index (χ3n) is 6.57. The van der Waals surface area contributed by atoms with E-state index in [0.29, 0.717) is 36.8 Å². The molecule has 0 aliphatic carbocycles. The van der Waals surface area contributed by atoms with Gasteiger partial charge in [-0.05, 0) is 6.92 Å². The van der Waals surface area contributed by atoms with Gasteiger partial charge in [0.2, 0.25) is 5.91 Å². The molecule has 2 amide bonds. The molecule has 0 saturated carbocycles. The fourth-order valence-corrected chi connectivity index (χ4v) is 7.14. The van der Waals surface area contributed by atoms with Crippen molar-refractivity contribution in [2.45, 2.75) is 37.3 Å². The lowest BCUT2D eigenvalue weighted by atomic mass is 9.79. The molecule has 4 aliphatic heterocycles. The maximum absolute atomic E-state index is 12.4. The van der Waals surface area contributed by atoms with Crippen LogP contribution < -0.4 is 10.0 Å². The van der Waals surface area contributed by atoms with Crippen molar-refractivity contribution < 1.29 is 29.7 Å². The number of aliphatic carboxylic acids is 1. The third-order valence-corrected chi connectivity index (χ3v) is 8.93. The van der Waals surface area contributed by atoms with Gasteiger partial charge in [-0.2, -0.15) is 0 Å². The molecule has 172 valence electrons. The topological polar surface area (TPSA) is 137 Å². The van der Waals surface area contributed by atoms with Crippen molar-refractivity contribution in [3.05, 3.63) is 21.7 Å². The molecule has 0 unspecified atom stereocenters. The molecule has 0 aromatic carbocycles. The number of carboxylic acids is 1. The fraction of sp³-hybridized carbons (Fsp3) is 0.600. The summed E-state index contributed by atoms with van der Waals surface area (Å²) in [7, 11) is 0. The number of rotatable bonds is 6. The molecule has 0 spiro atoms. The Kier molecular flexibility index (Phi) is 5.23. The zero-order valence-corrected chi connectivity index (χ0v) is 19.1. The summed E-state index contributed by atoms with van der Waals surface area (Å²) in [5, 5.41) is 33.7. The number of nitrogens with zero attached hydrogens (tertiary/aromatic N) is 4. The normalized spacial score (nSPS) is 28.9. The molecule has 3 fully saturated rings. The van der Waals surface area contributed by atoms with E-state index in [2.05, 4.69) is 4.98 Å². The smallest absolute Gasteiger partial charge is 0.273 e. The van der Waals surface area contributed by atoms with Gasteiger partial charge in [-0.1, -0.05) is 6.92 Å². The van der Waals surface area contributed by atoms with Gasteiger partial charge in [0.15, 0.2) is 5.13 Å². The van der Waals surface area contributed by atoms with E-state index in [0.717, 1.165) is 5.13 Å². The molecule has 1 aromatic heterocycles. The van der Waals surface area contributed by atoms with Gasteiger partial charge >= 0.3 is 0 Å². The maximum Gasteiger partial charge on any atom is 0.273 e. The van der Waals surface area contributed by atoms with Gasteiger partial charge in [0.25, 0.3) is 5.91 Å². The first kappa shape index (κ1) is 21.7. The number of fused-ring (bicyclic) bond motifs is 1. The number of aliphatic hydroxyl groups excluding tert-OH is 2. The van der Waals surface area contributed by atoms with Gasteiger partial charge in [0.1, 0.15) is 5.69 Å². The first-order valence-electron chi connectivity index (χ1n) is 10.5. The second kappa shape index (κ2) is 7.72. The van der Waals surface area contributed by atoms with Gasteiger partial charge in [-0.15, -0.1) is 23.1 Å². The highest BCUT2D eigenvalue weighted by atomic mass is 32.2. The minimum Gasteiger partial charge on any atom is -0.543 e. The molecule has 5 rings (SSSR count). The van der Waals surface area contributed by atoms with Gasteiger partial charge in [0, 0.05) is 47.6 Å². The van der Waals surface area contributed by atoms with E-state index in [9.17, 15) is 29.7 Å². The van der Waals surface area contributed by atoms with Gasteiger partial charge in [0.05, 0.1) is 35.8 Å². The van der Waals surface area contributed by atoms with Crippen LogP contribution in [0.2, 0.25) is 0 Å². The number of thioether (sulfide) groups is 1. The van der Waals surface area contributed by atoms with E-state index in [1.807, 2.05) is 11.8 Å². The highest BCUT2D eigenvalue weighted by Crippen LogP contribution is 2.52. The molecule has 3 saturated heterocycles. The molecule has 12 heteroatoms. The standard InChI is InChI=1S/C20H24N4O6S2/c1-8-14-13(9(2)25)18(28)24(14)15(19(29)30)16(8)32-11-5-23(6-11)20-21-12(7-31-20)17(27)22-3-10(26)4-22/h7-11,13-14,25-26H,3-6H2,1-2H3,(H,29,30)/p-1/t8-,9-,13-,14-/m1/s1. The second-order valence-corrected chi connectivity index (χ2v) is 11.0. The molecular weight excluding hydrogens is 456 g/mol. The van der Waals surface area contributed by atoms with E-state index in [1.54, 1.807) is 17.2 Å². The van der Waals surface area contributed by atoms with E-state index in [1.165, 1.54) is 28.0 Å². The number of carbonyl (C=O) groups excluding carboxylic acids is 3. The molecule has 32 heavy (non-hydrogen) atoms. The van der Waals surface area contributed by atoms with Crippen molar-refractivity contribution in [2.24, 2.45) is 11.8 Å². The van der Waals surface area contributed by atoms with Crippen LogP contribution in [0.15, 0.2) is 16.0 Å². The van der Waals surface area contributed by atoms with E-state index >= 15 is 0 Å². The number of anilines is 1. The Balaban J connectivity index is 1.23. The van der Waals surface area contributed by atoms with Crippen LogP contribution in [0.3, 0.4) is 0 Å². The molecule has 0 bridgehead atoms. The first-order valence-corrected chi connectivity index (χ1v) is 12.2. The summed E-state index contributed by atoms with van der Waals surface area (Å²) in [5.41, 5.74) is 0.304. The van der Waals surface area contributed by atoms with E-state index in [4.69, 9.17) is 0 Å². The average Bonchev–Trinajstić information content (AvgIpc) is 3.23. The zero-order valence-electron chi connectivity index (χ0n) is 17.5. The SMILES string of the molecule is C[C@@H](O)[C@H]1C(=O)N2C(C(=O)[O-])=C(SC3CN(c4nc(C(=O)N5CC(O)C5)cs4)C3)[C@H](C)[C@H]12. The number of thiazole rings is 1. The van der Waals surface area contributed by atoms with Gasteiger partial charge < -0.3 is 34.8 Å². The number of amides is 2. The molecule has 1 aromatic rings. The Hall–Kier alpha value is -2.15. The number of aliphatic hydroxyl groups is 2. The maximum atomic E-state index is 12.4. The van der Waals surface area contributed by atoms with Gasteiger partial charge in [-0.3, -0.25) is 9.59 Å². The fourth-order valence-electron chi connectivity index (χ4n) is 4.81. The number of likely N-dealkylation sites (tertiary alicyclic amines) is 1. The number of carbonyl (C=O) groups is 3. The number of hydrogen-bond donors (Lipinski definition) is 2.